The number of ether oxygens (including phenoxy) is 4. The summed E-state index contributed by atoms with van der Waals surface area (Å²) in [5, 5.41) is 9.73. The van der Waals surface area contributed by atoms with Crippen molar-refractivity contribution in [2.75, 3.05) is 47.5 Å². The molecule has 0 bridgehead atoms. The van der Waals surface area contributed by atoms with Gasteiger partial charge in [-0.05, 0) is 135 Å². The number of carboxylic acids is 1. The van der Waals surface area contributed by atoms with Gasteiger partial charge in [0.2, 0.25) is 0 Å². The molecule has 0 rings (SSSR count). The van der Waals surface area contributed by atoms with Crippen LogP contribution in [0, 0.1) is 0 Å². The third kappa shape index (κ3) is 63.8. The molecule has 0 aromatic heterocycles. The monoisotopic (exact) mass is 1150 g/mol. The summed E-state index contributed by atoms with van der Waals surface area (Å²) >= 11 is 0. The first kappa shape index (κ1) is 77.4. The SMILES string of the molecule is CC/C=C\C/C=C\C/C=C\C/C=C\C/C=C\C/C=C\C/C=C\C/C=C\C/C=C\CCCCCCCC(=O)OC(COC(=O)CCCCCCCC/C=C\C/C=C\C/C=C\C/C=C\C/C=C\C/C=C\CC)COC(OCC[N+](C)(C)C)C(=O)O. The number of nitrogens with zero attached hydrogens (tertiary/aromatic N) is 1. The number of carboxylic acid groups (broad SMARTS) is 1. The molecule has 0 fully saturated rings. The fourth-order valence-corrected chi connectivity index (χ4v) is 7.83. The van der Waals surface area contributed by atoms with Crippen LogP contribution in [0.15, 0.2) is 182 Å². The van der Waals surface area contributed by atoms with E-state index in [1.807, 2.05) is 21.1 Å². The van der Waals surface area contributed by atoms with Crippen molar-refractivity contribution in [2.24, 2.45) is 0 Å². The predicted octanol–water partition coefficient (Wildman–Crippen LogP) is 19.7. The standard InChI is InChI=1S/C74H115NO8/c1-6-8-10-12-14-16-18-20-22-24-26-28-30-32-33-34-35-36-37-38-39-41-43-45-47-49-51-53-55-57-59-61-63-65-72(77)83-70(69-82-74(73(78)79)80-67-66-75(3,4)5)68-81-71(76)64-62-60-58-56-54-52-50-48-46-44-42-40-31-29-27-25-23-21-19-17-15-13-11-9-7-2/h8-11,14-17,20-23,26-29,32-33,35-36,38-40,42-43,45-46,48-49,51,70,74H,6-7,12-13,18-19,24-25,30-31,34,37,41,44,47,50,52-69H2,1-5H3/p+1/b10-8-,11-9-,16-14-,17-15-,22-20-,23-21-,28-26-,29-27-,33-32-,36-35-,39-38-,42-40-,45-43-,48-46-,51-49-. The van der Waals surface area contributed by atoms with Crippen molar-refractivity contribution in [3.63, 3.8) is 0 Å². The van der Waals surface area contributed by atoms with E-state index in [0.717, 1.165) is 167 Å². The van der Waals surface area contributed by atoms with Crippen molar-refractivity contribution in [1.82, 2.24) is 0 Å². The van der Waals surface area contributed by atoms with Crippen LogP contribution < -0.4 is 0 Å². The topological polar surface area (TPSA) is 108 Å². The number of carbonyl (C=O) groups excluding carboxylic acids is 2. The van der Waals surface area contributed by atoms with Gasteiger partial charge in [-0.2, -0.15) is 0 Å². The fraction of sp³-hybridized carbons (Fsp3) is 0.554. The highest BCUT2D eigenvalue weighted by atomic mass is 16.7. The number of unbranched alkanes of at least 4 members (excludes halogenated alkanes) is 11. The third-order valence-corrected chi connectivity index (χ3v) is 12.7. The molecule has 0 amide bonds. The van der Waals surface area contributed by atoms with E-state index < -0.39 is 24.3 Å². The van der Waals surface area contributed by atoms with Crippen molar-refractivity contribution < 1.29 is 42.9 Å². The Morgan fingerprint density at radius 3 is 0.964 bits per heavy atom. The maximum Gasteiger partial charge on any atom is 0.361 e. The molecule has 0 heterocycles. The van der Waals surface area contributed by atoms with Crippen molar-refractivity contribution in [3.8, 4) is 0 Å². The summed E-state index contributed by atoms with van der Waals surface area (Å²) in [5.41, 5.74) is 0. The average molecular weight is 1150 g/mol. The van der Waals surface area contributed by atoms with Gasteiger partial charge < -0.3 is 28.5 Å². The zero-order valence-electron chi connectivity index (χ0n) is 52.8. The van der Waals surface area contributed by atoms with Gasteiger partial charge in [-0.3, -0.25) is 9.59 Å². The van der Waals surface area contributed by atoms with Crippen LogP contribution in [0.1, 0.15) is 206 Å². The maximum absolute atomic E-state index is 12.9. The number of hydrogen-bond acceptors (Lipinski definition) is 7. The van der Waals surface area contributed by atoms with Crippen LogP contribution in [0.4, 0.5) is 0 Å². The second-order valence-electron chi connectivity index (χ2n) is 21.6. The molecule has 1 N–H and O–H groups in total. The van der Waals surface area contributed by atoms with E-state index in [1.165, 1.54) is 0 Å². The van der Waals surface area contributed by atoms with Gasteiger partial charge in [-0.15, -0.1) is 0 Å². The van der Waals surface area contributed by atoms with Crippen molar-refractivity contribution in [1.29, 1.82) is 0 Å². The minimum absolute atomic E-state index is 0.169. The number of aliphatic carboxylic acids is 1. The molecule has 0 aromatic carbocycles. The van der Waals surface area contributed by atoms with Crippen molar-refractivity contribution in [2.45, 2.75) is 219 Å². The molecular formula is C74H116NO8+. The predicted molar refractivity (Wildman–Crippen MR) is 354 cm³/mol. The molecule has 83 heavy (non-hydrogen) atoms. The molecule has 0 saturated heterocycles. The Kier molecular flexibility index (Phi) is 58.2. The number of carbonyl (C=O) groups is 3. The minimum atomic E-state index is -1.53. The summed E-state index contributed by atoms with van der Waals surface area (Å²) in [7, 11) is 5.94. The summed E-state index contributed by atoms with van der Waals surface area (Å²) < 4.78 is 22.9. The summed E-state index contributed by atoms with van der Waals surface area (Å²) in [6.45, 7) is 4.57. The first-order valence-corrected chi connectivity index (χ1v) is 31.9. The Morgan fingerprint density at radius 1 is 0.361 bits per heavy atom. The van der Waals surface area contributed by atoms with Crippen LogP contribution in [0.5, 0.6) is 0 Å². The third-order valence-electron chi connectivity index (χ3n) is 12.7. The second kappa shape index (κ2) is 62.4. The summed E-state index contributed by atoms with van der Waals surface area (Å²) in [6.07, 6.45) is 92.6. The molecule has 9 nitrogen and oxygen atoms in total. The van der Waals surface area contributed by atoms with Gasteiger partial charge in [0.25, 0.3) is 6.29 Å². The van der Waals surface area contributed by atoms with E-state index in [1.54, 1.807) is 0 Å². The van der Waals surface area contributed by atoms with E-state index in [4.69, 9.17) is 18.9 Å². The van der Waals surface area contributed by atoms with Gasteiger partial charge in [-0.1, -0.05) is 241 Å². The highest BCUT2D eigenvalue weighted by Crippen LogP contribution is 2.13. The molecule has 0 aromatic rings. The highest BCUT2D eigenvalue weighted by Gasteiger charge is 2.25. The van der Waals surface area contributed by atoms with Crippen molar-refractivity contribution >= 4 is 17.9 Å². The molecular weight excluding hydrogens is 1030 g/mol. The number of rotatable bonds is 56. The lowest BCUT2D eigenvalue weighted by Gasteiger charge is -2.25. The summed E-state index contributed by atoms with van der Waals surface area (Å²) in [5.74, 6) is -2.08. The number of quaternary nitrogens is 1. The van der Waals surface area contributed by atoms with Crippen LogP contribution in [0.3, 0.4) is 0 Å². The molecule has 0 spiro atoms. The Hall–Kier alpha value is -5.61. The molecule has 0 aliphatic heterocycles. The molecule has 464 valence electrons. The quantitative estimate of drug-likeness (QED) is 0.0211. The number of likely N-dealkylation sites (N-methyl/N-ethyl adjacent to an activating group) is 1. The zero-order chi connectivity index (χ0) is 60.5. The molecule has 2 unspecified atom stereocenters. The zero-order valence-corrected chi connectivity index (χ0v) is 52.8. The molecule has 2 atom stereocenters. The van der Waals surface area contributed by atoms with Crippen LogP contribution in [0.25, 0.3) is 0 Å². The Bertz CT molecular complexity index is 2010. The van der Waals surface area contributed by atoms with Gasteiger partial charge in [0, 0.05) is 12.8 Å². The van der Waals surface area contributed by atoms with Crippen LogP contribution >= 0.6 is 0 Å². The molecule has 9 heteroatoms. The molecule has 0 radical (unpaired) electrons. The van der Waals surface area contributed by atoms with E-state index in [9.17, 15) is 19.5 Å². The van der Waals surface area contributed by atoms with Crippen LogP contribution in [-0.4, -0.2) is 87.4 Å². The molecule has 0 saturated carbocycles. The summed E-state index contributed by atoms with van der Waals surface area (Å²) in [6, 6.07) is 0. The van der Waals surface area contributed by atoms with E-state index >= 15 is 0 Å². The lowest BCUT2D eigenvalue weighted by molar-refractivity contribution is -0.870. The van der Waals surface area contributed by atoms with Crippen LogP contribution in [-0.2, 0) is 33.3 Å². The number of esters is 2. The smallest absolute Gasteiger partial charge is 0.361 e. The first-order chi connectivity index (χ1) is 40.6. The Morgan fingerprint density at radius 2 is 0.651 bits per heavy atom. The van der Waals surface area contributed by atoms with Crippen molar-refractivity contribution in [3.05, 3.63) is 182 Å². The normalized spacial score (nSPS) is 14.0. The minimum Gasteiger partial charge on any atom is -0.477 e. The second-order valence-corrected chi connectivity index (χ2v) is 21.6. The average Bonchev–Trinajstić information content (AvgIpc) is 3.46. The van der Waals surface area contributed by atoms with E-state index in [-0.39, 0.29) is 38.6 Å². The van der Waals surface area contributed by atoms with Gasteiger partial charge >= 0.3 is 17.9 Å². The lowest BCUT2D eigenvalue weighted by Crippen LogP contribution is -2.40. The highest BCUT2D eigenvalue weighted by molar-refractivity contribution is 5.71. The Balaban J connectivity index is 4.34. The van der Waals surface area contributed by atoms with Crippen LogP contribution in [0.2, 0.25) is 0 Å². The maximum atomic E-state index is 12.9. The lowest BCUT2D eigenvalue weighted by atomic mass is 10.1. The number of hydrogen-bond donors (Lipinski definition) is 1. The van der Waals surface area contributed by atoms with Gasteiger partial charge in [0.15, 0.2) is 6.10 Å². The van der Waals surface area contributed by atoms with Gasteiger partial charge in [-0.25, -0.2) is 4.79 Å². The Labute approximate surface area is 507 Å². The fourth-order valence-electron chi connectivity index (χ4n) is 7.83. The van der Waals surface area contributed by atoms with Gasteiger partial charge in [0.1, 0.15) is 13.2 Å². The molecule has 0 aliphatic carbocycles. The van der Waals surface area contributed by atoms with Gasteiger partial charge in [0.05, 0.1) is 34.4 Å². The summed E-state index contributed by atoms with van der Waals surface area (Å²) in [4.78, 5) is 37.5. The molecule has 0 aliphatic rings. The number of allylic oxidation sites excluding steroid dienone is 30. The first-order valence-electron chi connectivity index (χ1n) is 31.9. The van der Waals surface area contributed by atoms with E-state index in [0.29, 0.717) is 23.9 Å². The largest absolute Gasteiger partial charge is 0.477 e. The van der Waals surface area contributed by atoms with E-state index in [2.05, 4.69) is 196 Å².